The van der Waals surface area contributed by atoms with Crippen LogP contribution in [0.2, 0.25) is 0 Å². The summed E-state index contributed by atoms with van der Waals surface area (Å²) >= 11 is 0. The predicted octanol–water partition coefficient (Wildman–Crippen LogP) is 1.78. The minimum absolute atomic E-state index is 0.188. The smallest absolute Gasteiger partial charge is 0.193 e. The summed E-state index contributed by atoms with van der Waals surface area (Å²) in [6.45, 7) is 5.91. The summed E-state index contributed by atoms with van der Waals surface area (Å²) < 4.78 is 22.9. The Bertz CT molecular complexity index is 430. The molecule has 0 saturated heterocycles. The molecular formula is C10H15NO2S. The molecule has 0 unspecified atom stereocenters. The monoisotopic (exact) mass is 213 g/mol. The second-order valence-electron chi connectivity index (χ2n) is 4.38. The third-order valence-corrected chi connectivity index (χ3v) is 2.96. The fourth-order valence-corrected chi connectivity index (χ4v) is 2.28. The number of nitrogens with zero attached hydrogens (tertiary/aromatic N) is 1. The van der Waals surface area contributed by atoms with Gasteiger partial charge in [0.2, 0.25) is 0 Å². The number of hydrogen-bond donors (Lipinski definition) is 0. The first kappa shape index (κ1) is 11.2. The van der Waals surface area contributed by atoms with Gasteiger partial charge in [-0.3, -0.25) is 0 Å². The first-order valence-electron chi connectivity index (χ1n) is 4.38. The Morgan fingerprint density at radius 3 is 2.21 bits per heavy atom. The van der Waals surface area contributed by atoms with E-state index in [0.29, 0.717) is 0 Å². The van der Waals surface area contributed by atoms with E-state index < -0.39 is 9.84 Å². The summed E-state index contributed by atoms with van der Waals surface area (Å²) in [5.74, 6) is 0. The van der Waals surface area contributed by atoms with Crippen LogP contribution in [0.5, 0.6) is 0 Å². The van der Waals surface area contributed by atoms with Gasteiger partial charge < -0.3 is 0 Å². The number of pyridine rings is 1. The fourth-order valence-electron chi connectivity index (χ4n) is 1.26. The SMILES string of the molecule is CC(C)(C)c1cccnc1S(C)(=O)=O. The van der Waals surface area contributed by atoms with Gasteiger partial charge in [0, 0.05) is 12.5 Å². The Balaban J connectivity index is 3.47. The molecule has 1 aromatic heterocycles. The van der Waals surface area contributed by atoms with E-state index in [1.54, 1.807) is 6.07 Å². The van der Waals surface area contributed by atoms with Gasteiger partial charge in [-0.15, -0.1) is 0 Å². The van der Waals surface area contributed by atoms with Gasteiger partial charge in [0.05, 0.1) is 0 Å². The molecule has 0 aliphatic carbocycles. The molecule has 0 spiro atoms. The Kier molecular flexibility index (Phi) is 2.67. The molecule has 78 valence electrons. The first-order valence-corrected chi connectivity index (χ1v) is 6.27. The van der Waals surface area contributed by atoms with Crippen LogP contribution in [-0.4, -0.2) is 19.7 Å². The lowest BCUT2D eigenvalue weighted by atomic mass is 9.88. The minimum atomic E-state index is -3.23. The van der Waals surface area contributed by atoms with Crippen LogP contribution in [-0.2, 0) is 15.3 Å². The minimum Gasteiger partial charge on any atom is -0.244 e. The summed E-state index contributed by atoms with van der Waals surface area (Å²) in [6, 6.07) is 3.57. The van der Waals surface area contributed by atoms with Crippen molar-refractivity contribution >= 4 is 9.84 Å². The van der Waals surface area contributed by atoms with Gasteiger partial charge in [0.1, 0.15) is 0 Å². The molecular weight excluding hydrogens is 198 g/mol. The number of rotatable bonds is 1. The lowest BCUT2D eigenvalue weighted by Crippen LogP contribution is -2.17. The van der Waals surface area contributed by atoms with Gasteiger partial charge in [-0.25, -0.2) is 13.4 Å². The average molecular weight is 213 g/mol. The molecule has 1 rings (SSSR count). The zero-order valence-corrected chi connectivity index (χ0v) is 9.72. The molecule has 0 aliphatic rings. The van der Waals surface area contributed by atoms with E-state index in [2.05, 4.69) is 4.98 Å². The standard InChI is InChI=1S/C10H15NO2S/c1-10(2,3)8-6-5-7-11-9(8)14(4,12)13/h5-7H,1-4H3. The van der Waals surface area contributed by atoms with Gasteiger partial charge >= 0.3 is 0 Å². The van der Waals surface area contributed by atoms with Crippen LogP contribution in [0.15, 0.2) is 23.4 Å². The molecule has 0 radical (unpaired) electrons. The van der Waals surface area contributed by atoms with Crippen molar-refractivity contribution < 1.29 is 8.42 Å². The highest BCUT2D eigenvalue weighted by Crippen LogP contribution is 2.26. The second-order valence-corrected chi connectivity index (χ2v) is 6.31. The Labute approximate surface area is 85.1 Å². The number of aromatic nitrogens is 1. The lowest BCUT2D eigenvalue weighted by molar-refractivity contribution is 0.555. The van der Waals surface area contributed by atoms with E-state index in [4.69, 9.17) is 0 Å². The predicted molar refractivity (Wildman–Crippen MR) is 56.0 cm³/mol. The maximum absolute atomic E-state index is 11.4. The van der Waals surface area contributed by atoms with Crippen molar-refractivity contribution in [3.63, 3.8) is 0 Å². The zero-order valence-electron chi connectivity index (χ0n) is 8.90. The molecule has 3 nitrogen and oxygen atoms in total. The fraction of sp³-hybridized carbons (Fsp3) is 0.500. The van der Waals surface area contributed by atoms with Gasteiger partial charge in [0.25, 0.3) is 0 Å². The van der Waals surface area contributed by atoms with E-state index >= 15 is 0 Å². The van der Waals surface area contributed by atoms with E-state index in [9.17, 15) is 8.42 Å². The third kappa shape index (κ3) is 2.32. The molecule has 0 N–H and O–H groups in total. The van der Waals surface area contributed by atoms with Gasteiger partial charge in [-0.2, -0.15) is 0 Å². The van der Waals surface area contributed by atoms with E-state index in [1.165, 1.54) is 12.5 Å². The lowest BCUT2D eigenvalue weighted by Gasteiger charge is -2.20. The number of hydrogen-bond acceptors (Lipinski definition) is 3. The van der Waals surface area contributed by atoms with Crippen molar-refractivity contribution in [1.29, 1.82) is 0 Å². The van der Waals surface area contributed by atoms with E-state index in [0.717, 1.165) is 5.56 Å². The molecule has 1 heterocycles. The van der Waals surface area contributed by atoms with E-state index in [1.807, 2.05) is 26.8 Å². The van der Waals surface area contributed by atoms with Crippen molar-refractivity contribution in [2.24, 2.45) is 0 Å². The van der Waals surface area contributed by atoms with Crippen LogP contribution in [0.4, 0.5) is 0 Å². The largest absolute Gasteiger partial charge is 0.244 e. The summed E-state index contributed by atoms with van der Waals surface area (Å²) in [5, 5.41) is 0.188. The Hall–Kier alpha value is -0.900. The van der Waals surface area contributed by atoms with Gasteiger partial charge in [-0.05, 0) is 17.0 Å². The molecule has 0 amide bonds. The molecule has 0 atom stereocenters. The topological polar surface area (TPSA) is 47.0 Å². The van der Waals surface area contributed by atoms with Crippen molar-refractivity contribution in [1.82, 2.24) is 4.98 Å². The molecule has 0 fully saturated rings. The molecule has 0 saturated carbocycles. The molecule has 1 aromatic rings. The maximum atomic E-state index is 11.4. The summed E-state index contributed by atoms with van der Waals surface area (Å²) in [6.07, 6.45) is 2.69. The van der Waals surface area contributed by atoms with Crippen LogP contribution in [0.1, 0.15) is 26.3 Å². The highest BCUT2D eigenvalue weighted by Gasteiger charge is 2.23. The van der Waals surface area contributed by atoms with Crippen molar-refractivity contribution in [2.45, 2.75) is 31.2 Å². The Morgan fingerprint density at radius 1 is 1.29 bits per heavy atom. The summed E-state index contributed by atoms with van der Waals surface area (Å²) in [4.78, 5) is 3.93. The Morgan fingerprint density at radius 2 is 1.86 bits per heavy atom. The molecule has 4 heteroatoms. The highest BCUT2D eigenvalue weighted by atomic mass is 32.2. The molecule has 0 aliphatic heterocycles. The maximum Gasteiger partial charge on any atom is 0.193 e. The van der Waals surface area contributed by atoms with Gasteiger partial charge in [0.15, 0.2) is 14.9 Å². The quantitative estimate of drug-likeness (QED) is 0.714. The highest BCUT2D eigenvalue weighted by molar-refractivity contribution is 7.90. The van der Waals surface area contributed by atoms with Crippen LogP contribution in [0, 0.1) is 0 Å². The molecule has 0 bridgehead atoms. The average Bonchev–Trinajstić information content (AvgIpc) is 2.01. The van der Waals surface area contributed by atoms with Gasteiger partial charge in [-0.1, -0.05) is 26.8 Å². The van der Waals surface area contributed by atoms with Crippen LogP contribution in [0.25, 0.3) is 0 Å². The van der Waals surface area contributed by atoms with Crippen molar-refractivity contribution in [3.8, 4) is 0 Å². The summed E-state index contributed by atoms with van der Waals surface area (Å²) in [7, 11) is -3.23. The third-order valence-electron chi connectivity index (χ3n) is 1.93. The summed E-state index contributed by atoms with van der Waals surface area (Å²) in [5.41, 5.74) is 0.564. The molecule has 14 heavy (non-hydrogen) atoms. The normalized spacial score (nSPS) is 12.9. The van der Waals surface area contributed by atoms with Crippen LogP contribution >= 0.6 is 0 Å². The van der Waals surface area contributed by atoms with Crippen LogP contribution < -0.4 is 0 Å². The molecule has 0 aromatic carbocycles. The second kappa shape index (κ2) is 3.35. The zero-order chi connectivity index (χ0) is 11.0. The van der Waals surface area contributed by atoms with E-state index in [-0.39, 0.29) is 10.4 Å². The van der Waals surface area contributed by atoms with Crippen molar-refractivity contribution in [2.75, 3.05) is 6.26 Å². The van der Waals surface area contributed by atoms with Crippen LogP contribution in [0.3, 0.4) is 0 Å². The van der Waals surface area contributed by atoms with Crippen molar-refractivity contribution in [3.05, 3.63) is 23.9 Å². The first-order chi connectivity index (χ1) is 6.23. The number of sulfone groups is 1.